The van der Waals surface area contributed by atoms with Gasteiger partial charge in [-0.25, -0.2) is 0 Å². The van der Waals surface area contributed by atoms with Crippen LogP contribution in [0.5, 0.6) is 0 Å². The van der Waals surface area contributed by atoms with Gasteiger partial charge < -0.3 is 4.90 Å². The lowest BCUT2D eigenvalue weighted by Gasteiger charge is -2.47. The van der Waals surface area contributed by atoms with Crippen molar-refractivity contribution in [3.63, 3.8) is 0 Å². The Labute approximate surface area is 124 Å². The topological polar surface area (TPSA) is 42.3 Å². The maximum absolute atomic E-state index is 9.59. The molecule has 2 rings (SSSR count). The van der Waals surface area contributed by atoms with Crippen LogP contribution in [0.2, 0.25) is 0 Å². The molecule has 1 aliphatic heterocycles. The third-order valence-corrected chi connectivity index (χ3v) is 5.25. The van der Waals surface area contributed by atoms with E-state index < -0.39 is 0 Å². The summed E-state index contributed by atoms with van der Waals surface area (Å²) in [5.74, 6) is 0. The third kappa shape index (κ3) is 3.33. The molecule has 0 aromatic carbocycles. The maximum Gasteiger partial charge on any atom is 0.108 e. The highest BCUT2D eigenvalue weighted by Crippen LogP contribution is 2.32. The van der Waals surface area contributed by atoms with E-state index in [1.165, 1.54) is 25.8 Å². The van der Waals surface area contributed by atoms with E-state index in [1.54, 1.807) is 0 Å². The normalized spacial score (nSPS) is 36.7. The molecule has 4 nitrogen and oxygen atoms in total. The fourth-order valence-corrected chi connectivity index (χ4v) is 3.94. The number of likely N-dealkylation sites (N-methyl/N-ethyl adjacent to an activating group) is 1. The maximum atomic E-state index is 9.59. The van der Waals surface area contributed by atoms with Crippen molar-refractivity contribution in [2.45, 2.75) is 63.6 Å². The predicted molar refractivity (Wildman–Crippen MR) is 82.6 cm³/mol. The number of nitriles is 1. The molecule has 114 valence electrons. The lowest BCUT2D eigenvalue weighted by molar-refractivity contribution is 0.0375. The van der Waals surface area contributed by atoms with Gasteiger partial charge in [0.1, 0.15) is 5.54 Å². The number of nitrogens with zero attached hydrogens (tertiary/aromatic N) is 3. The predicted octanol–water partition coefficient (Wildman–Crippen LogP) is 1.83. The van der Waals surface area contributed by atoms with Crippen molar-refractivity contribution >= 4 is 0 Å². The van der Waals surface area contributed by atoms with E-state index in [9.17, 15) is 5.26 Å². The van der Waals surface area contributed by atoms with Crippen LogP contribution in [0, 0.1) is 11.3 Å². The van der Waals surface area contributed by atoms with Gasteiger partial charge in [-0.05, 0) is 45.7 Å². The fourth-order valence-electron chi connectivity index (χ4n) is 3.94. The average Bonchev–Trinajstić information content (AvgIpc) is 2.48. The SMILES string of the molecule is CCNC1(C#N)CCCC(N2CCN(C)C(CC)C2)C1. The summed E-state index contributed by atoms with van der Waals surface area (Å²) in [5.41, 5.74) is -0.275. The van der Waals surface area contributed by atoms with Gasteiger partial charge in [-0.2, -0.15) is 5.26 Å². The van der Waals surface area contributed by atoms with Crippen molar-refractivity contribution in [3.8, 4) is 6.07 Å². The van der Waals surface area contributed by atoms with Crippen LogP contribution >= 0.6 is 0 Å². The monoisotopic (exact) mass is 278 g/mol. The standard InChI is InChI=1S/C16H30N4/c1-4-14-12-20(10-9-19(14)3)15-7-6-8-16(11-15,13-17)18-5-2/h14-15,18H,4-12H2,1-3H3. The number of hydrogen-bond acceptors (Lipinski definition) is 4. The van der Waals surface area contributed by atoms with Gasteiger partial charge >= 0.3 is 0 Å². The first-order valence-electron chi connectivity index (χ1n) is 8.24. The Morgan fingerprint density at radius 2 is 2.15 bits per heavy atom. The smallest absolute Gasteiger partial charge is 0.108 e. The molecule has 1 aliphatic carbocycles. The van der Waals surface area contributed by atoms with E-state index in [1.807, 2.05) is 0 Å². The molecule has 4 heteroatoms. The Balaban J connectivity index is 2.00. The van der Waals surface area contributed by atoms with Gasteiger partial charge in [0.05, 0.1) is 6.07 Å². The molecule has 20 heavy (non-hydrogen) atoms. The first-order chi connectivity index (χ1) is 9.64. The molecule has 1 N–H and O–H groups in total. The van der Waals surface area contributed by atoms with E-state index in [0.717, 1.165) is 32.5 Å². The van der Waals surface area contributed by atoms with Crippen LogP contribution in [0.15, 0.2) is 0 Å². The zero-order chi connectivity index (χ0) is 14.6. The highest BCUT2D eigenvalue weighted by atomic mass is 15.3. The number of rotatable bonds is 4. The first-order valence-corrected chi connectivity index (χ1v) is 8.24. The highest BCUT2D eigenvalue weighted by molar-refractivity contribution is 5.11. The second-order valence-electron chi connectivity index (χ2n) is 6.51. The van der Waals surface area contributed by atoms with E-state index in [2.05, 4.69) is 42.1 Å². The van der Waals surface area contributed by atoms with Gasteiger partial charge in [0.2, 0.25) is 0 Å². The molecular formula is C16H30N4. The molecule has 0 aromatic rings. The Morgan fingerprint density at radius 1 is 1.35 bits per heavy atom. The van der Waals surface area contributed by atoms with Crippen molar-refractivity contribution in [2.24, 2.45) is 0 Å². The summed E-state index contributed by atoms with van der Waals surface area (Å²) in [6, 6.07) is 3.84. The molecule has 1 saturated carbocycles. The van der Waals surface area contributed by atoms with Crippen LogP contribution in [0.4, 0.5) is 0 Å². The van der Waals surface area contributed by atoms with Gasteiger partial charge in [-0.1, -0.05) is 13.8 Å². The van der Waals surface area contributed by atoms with Gasteiger partial charge in [0, 0.05) is 31.7 Å². The molecule has 0 amide bonds. The molecule has 0 radical (unpaired) electrons. The summed E-state index contributed by atoms with van der Waals surface area (Å²) < 4.78 is 0. The van der Waals surface area contributed by atoms with Crippen molar-refractivity contribution in [1.82, 2.24) is 15.1 Å². The van der Waals surface area contributed by atoms with E-state index in [-0.39, 0.29) is 5.54 Å². The summed E-state index contributed by atoms with van der Waals surface area (Å²) in [5, 5.41) is 13.0. The molecule has 0 bridgehead atoms. The summed E-state index contributed by atoms with van der Waals surface area (Å²) in [6.45, 7) is 8.77. The van der Waals surface area contributed by atoms with Crippen LogP contribution in [0.1, 0.15) is 46.0 Å². The molecule has 1 saturated heterocycles. The highest BCUT2D eigenvalue weighted by Gasteiger charge is 2.39. The minimum absolute atomic E-state index is 0.275. The zero-order valence-corrected chi connectivity index (χ0v) is 13.4. The van der Waals surface area contributed by atoms with E-state index >= 15 is 0 Å². The number of nitrogens with one attached hydrogen (secondary N) is 1. The minimum Gasteiger partial charge on any atom is -0.301 e. The van der Waals surface area contributed by atoms with Crippen LogP contribution in [0.25, 0.3) is 0 Å². The molecule has 3 atom stereocenters. The van der Waals surface area contributed by atoms with Gasteiger partial charge in [-0.15, -0.1) is 0 Å². The van der Waals surface area contributed by atoms with Gasteiger partial charge in [0.15, 0.2) is 0 Å². The van der Waals surface area contributed by atoms with Crippen molar-refractivity contribution in [3.05, 3.63) is 0 Å². The van der Waals surface area contributed by atoms with Crippen LogP contribution < -0.4 is 5.32 Å². The largest absolute Gasteiger partial charge is 0.301 e. The fraction of sp³-hybridized carbons (Fsp3) is 0.938. The molecule has 2 aliphatic rings. The summed E-state index contributed by atoms with van der Waals surface area (Å²) in [4.78, 5) is 5.14. The second kappa shape index (κ2) is 6.89. The minimum atomic E-state index is -0.275. The van der Waals surface area contributed by atoms with Crippen molar-refractivity contribution in [2.75, 3.05) is 33.2 Å². The zero-order valence-electron chi connectivity index (χ0n) is 13.4. The summed E-state index contributed by atoms with van der Waals surface area (Å²) in [7, 11) is 2.24. The number of piperazine rings is 1. The Hall–Kier alpha value is -0.630. The quantitative estimate of drug-likeness (QED) is 0.852. The van der Waals surface area contributed by atoms with E-state index in [4.69, 9.17) is 0 Å². The number of hydrogen-bond donors (Lipinski definition) is 1. The first kappa shape index (κ1) is 15.8. The molecule has 0 spiro atoms. The Kier molecular flexibility index (Phi) is 5.42. The molecule has 3 unspecified atom stereocenters. The Bertz CT molecular complexity index is 347. The summed E-state index contributed by atoms with van der Waals surface area (Å²) >= 11 is 0. The molecular weight excluding hydrogens is 248 g/mol. The Morgan fingerprint density at radius 3 is 2.80 bits per heavy atom. The van der Waals surface area contributed by atoms with Gasteiger partial charge in [0.25, 0.3) is 0 Å². The van der Waals surface area contributed by atoms with E-state index in [0.29, 0.717) is 12.1 Å². The second-order valence-corrected chi connectivity index (χ2v) is 6.51. The molecule has 2 fully saturated rings. The molecule has 0 aromatic heterocycles. The van der Waals surface area contributed by atoms with Crippen LogP contribution in [-0.2, 0) is 0 Å². The lowest BCUT2D eigenvalue weighted by atomic mass is 9.79. The average molecular weight is 278 g/mol. The van der Waals surface area contributed by atoms with Gasteiger partial charge in [-0.3, -0.25) is 10.2 Å². The molecule has 1 heterocycles. The van der Waals surface area contributed by atoms with Crippen LogP contribution in [-0.4, -0.2) is 60.6 Å². The third-order valence-electron chi connectivity index (χ3n) is 5.25. The summed E-state index contributed by atoms with van der Waals surface area (Å²) in [6.07, 6.45) is 5.66. The lowest BCUT2D eigenvalue weighted by Crippen LogP contribution is -2.58. The van der Waals surface area contributed by atoms with Crippen molar-refractivity contribution < 1.29 is 0 Å². The van der Waals surface area contributed by atoms with Crippen LogP contribution in [0.3, 0.4) is 0 Å². The van der Waals surface area contributed by atoms with Crippen molar-refractivity contribution in [1.29, 1.82) is 5.26 Å².